The second-order valence-electron chi connectivity index (χ2n) is 2.55. The molecule has 0 aromatic carbocycles. The lowest BCUT2D eigenvalue weighted by molar-refractivity contribution is -0.139. The number of hydrogen-bond acceptors (Lipinski definition) is 4. The summed E-state index contributed by atoms with van der Waals surface area (Å²) < 4.78 is 4.73. The van der Waals surface area contributed by atoms with E-state index in [1.54, 1.807) is 6.08 Å². The summed E-state index contributed by atoms with van der Waals surface area (Å²) in [6, 6.07) is 0. The molecule has 0 atom stereocenters. The maximum Gasteiger partial charge on any atom is 0.302 e. The van der Waals surface area contributed by atoms with Crippen molar-refractivity contribution in [1.29, 1.82) is 0 Å². The fourth-order valence-corrected chi connectivity index (χ4v) is 0.641. The Morgan fingerprint density at radius 2 is 2.00 bits per heavy atom. The number of carbonyl (C=O) groups is 1. The highest BCUT2D eigenvalue weighted by Gasteiger charge is 1.95. The normalized spacial score (nSPS) is 12.6. The molecule has 0 aliphatic heterocycles. The summed E-state index contributed by atoms with van der Waals surface area (Å²) in [5.41, 5.74) is 1.71. The highest BCUT2D eigenvalue weighted by Crippen LogP contribution is 1.97. The molecule has 0 unspecified atom stereocenters. The molecule has 74 valence electrons. The van der Waals surface area contributed by atoms with Gasteiger partial charge in [-0.2, -0.15) is 0 Å². The van der Waals surface area contributed by atoms with Gasteiger partial charge in [0.2, 0.25) is 0 Å². The Morgan fingerprint density at radius 1 is 1.38 bits per heavy atom. The van der Waals surface area contributed by atoms with Gasteiger partial charge < -0.3 is 9.57 Å². The van der Waals surface area contributed by atoms with Crippen LogP contribution in [0.4, 0.5) is 0 Å². The minimum absolute atomic E-state index is 0.276. The van der Waals surface area contributed by atoms with Crippen LogP contribution in [0.15, 0.2) is 16.8 Å². The van der Waals surface area contributed by atoms with E-state index < -0.39 is 0 Å². The van der Waals surface area contributed by atoms with Crippen molar-refractivity contribution in [2.45, 2.75) is 20.8 Å². The molecule has 0 saturated heterocycles. The Bertz CT molecular complexity index is 231. The van der Waals surface area contributed by atoms with Gasteiger partial charge in [0.15, 0.2) is 0 Å². The van der Waals surface area contributed by atoms with Crippen molar-refractivity contribution >= 4 is 11.7 Å². The Morgan fingerprint density at radius 3 is 2.46 bits per heavy atom. The average Bonchev–Trinajstić information content (AvgIpc) is 2.04. The summed E-state index contributed by atoms with van der Waals surface area (Å²) in [7, 11) is 1.49. The molecule has 4 nitrogen and oxygen atoms in total. The van der Waals surface area contributed by atoms with Gasteiger partial charge in [-0.3, -0.25) is 4.79 Å². The summed E-state index contributed by atoms with van der Waals surface area (Å²) in [6.45, 7) is 5.35. The summed E-state index contributed by atoms with van der Waals surface area (Å²) in [4.78, 5) is 15.0. The van der Waals surface area contributed by atoms with E-state index in [9.17, 15) is 4.79 Å². The van der Waals surface area contributed by atoms with Gasteiger partial charge in [-0.25, -0.2) is 0 Å². The maximum atomic E-state index is 10.4. The lowest BCUT2D eigenvalue weighted by Crippen LogP contribution is -2.01. The fourth-order valence-electron chi connectivity index (χ4n) is 0.641. The van der Waals surface area contributed by atoms with Crippen molar-refractivity contribution in [2.24, 2.45) is 5.16 Å². The molecule has 13 heavy (non-hydrogen) atoms. The zero-order valence-corrected chi connectivity index (χ0v) is 8.46. The summed E-state index contributed by atoms with van der Waals surface area (Å²) in [6.07, 6.45) is 1.78. The van der Waals surface area contributed by atoms with Crippen LogP contribution in [-0.2, 0) is 14.4 Å². The van der Waals surface area contributed by atoms with Crippen LogP contribution in [0.5, 0.6) is 0 Å². The third kappa shape index (κ3) is 5.90. The van der Waals surface area contributed by atoms with Gasteiger partial charge in [0.25, 0.3) is 0 Å². The average molecular weight is 185 g/mol. The molecule has 0 fully saturated rings. The maximum absolute atomic E-state index is 10.4. The second kappa shape index (κ2) is 6.22. The minimum atomic E-state index is -0.287. The molecule has 0 aromatic rings. The zero-order chi connectivity index (χ0) is 10.3. The minimum Gasteiger partial charge on any atom is -0.462 e. The van der Waals surface area contributed by atoms with Crippen molar-refractivity contribution in [3.63, 3.8) is 0 Å². The van der Waals surface area contributed by atoms with E-state index in [2.05, 4.69) is 9.99 Å². The number of allylic oxidation sites excluding steroid dienone is 1. The number of hydrogen-bond donors (Lipinski definition) is 0. The number of ether oxygens (including phenoxy) is 1. The first-order valence-electron chi connectivity index (χ1n) is 3.96. The largest absolute Gasteiger partial charge is 0.462 e. The van der Waals surface area contributed by atoms with Crippen molar-refractivity contribution in [1.82, 2.24) is 0 Å². The van der Waals surface area contributed by atoms with Gasteiger partial charge in [0, 0.05) is 6.92 Å². The predicted octanol–water partition coefficient (Wildman–Crippen LogP) is 1.52. The van der Waals surface area contributed by atoms with Gasteiger partial charge in [0.05, 0.1) is 5.71 Å². The van der Waals surface area contributed by atoms with Crippen molar-refractivity contribution in [3.05, 3.63) is 11.6 Å². The molecule has 0 spiro atoms. The lowest BCUT2D eigenvalue weighted by atomic mass is 10.2. The molecule has 0 heterocycles. The van der Waals surface area contributed by atoms with Crippen LogP contribution in [0, 0.1) is 0 Å². The fraction of sp³-hybridized carbons (Fsp3) is 0.556. The number of oxime groups is 1. The Kier molecular flexibility index (Phi) is 5.59. The van der Waals surface area contributed by atoms with Gasteiger partial charge in [0.1, 0.15) is 13.7 Å². The van der Waals surface area contributed by atoms with Gasteiger partial charge in [-0.15, -0.1) is 0 Å². The van der Waals surface area contributed by atoms with E-state index in [-0.39, 0.29) is 12.6 Å². The van der Waals surface area contributed by atoms with Gasteiger partial charge in [-0.05, 0) is 25.5 Å². The molecule has 0 bridgehead atoms. The molecular weight excluding hydrogens is 170 g/mol. The van der Waals surface area contributed by atoms with Crippen LogP contribution in [-0.4, -0.2) is 25.4 Å². The molecule has 0 aromatic heterocycles. The standard InChI is InChI=1S/C9H15NO3/c1-7(8(2)10-12-4)5-6-13-9(3)11/h5H,6H2,1-4H3/b7-5-,10-8?. The summed E-state index contributed by atoms with van der Waals surface area (Å²) >= 11 is 0. The van der Waals surface area contributed by atoms with Crippen LogP contribution >= 0.6 is 0 Å². The molecule has 0 radical (unpaired) electrons. The van der Waals surface area contributed by atoms with E-state index in [1.807, 2.05) is 13.8 Å². The first kappa shape index (κ1) is 11.7. The Balaban J connectivity index is 4.01. The molecular formula is C9H15NO3. The van der Waals surface area contributed by atoms with Crippen LogP contribution < -0.4 is 0 Å². The first-order chi connectivity index (χ1) is 6.07. The number of rotatable bonds is 4. The smallest absolute Gasteiger partial charge is 0.302 e. The zero-order valence-electron chi connectivity index (χ0n) is 8.46. The molecule has 4 heteroatoms. The number of esters is 1. The SMILES string of the molecule is CON=C(C)/C(C)=C\COC(C)=O. The summed E-state index contributed by atoms with van der Waals surface area (Å²) in [5.74, 6) is -0.287. The molecule has 0 amide bonds. The van der Waals surface area contributed by atoms with E-state index in [0.717, 1.165) is 11.3 Å². The lowest BCUT2D eigenvalue weighted by Gasteiger charge is -2.00. The molecule has 0 saturated carbocycles. The number of carbonyl (C=O) groups excluding carboxylic acids is 1. The Labute approximate surface area is 78.2 Å². The number of nitrogens with zero attached hydrogens (tertiary/aromatic N) is 1. The first-order valence-corrected chi connectivity index (χ1v) is 3.96. The quantitative estimate of drug-likeness (QED) is 0.379. The third-order valence-electron chi connectivity index (χ3n) is 1.48. The van der Waals surface area contributed by atoms with Crippen LogP contribution in [0.2, 0.25) is 0 Å². The van der Waals surface area contributed by atoms with Gasteiger partial charge in [-0.1, -0.05) is 5.16 Å². The van der Waals surface area contributed by atoms with Crippen molar-refractivity contribution < 1.29 is 14.4 Å². The summed E-state index contributed by atoms with van der Waals surface area (Å²) in [5, 5.41) is 3.73. The van der Waals surface area contributed by atoms with E-state index in [4.69, 9.17) is 4.74 Å². The molecule has 0 N–H and O–H groups in total. The second-order valence-corrected chi connectivity index (χ2v) is 2.55. The van der Waals surface area contributed by atoms with E-state index in [0.29, 0.717) is 0 Å². The highest BCUT2D eigenvalue weighted by molar-refractivity contribution is 5.97. The van der Waals surface area contributed by atoms with Crippen LogP contribution in [0.3, 0.4) is 0 Å². The van der Waals surface area contributed by atoms with Crippen molar-refractivity contribution in [2.75, 3.05) is 13.7 Å². The van der Waals surface area contributed by atoms with E-state index >= 15 is 0 Å². The molecule has 0 aliphatic carbocycles. The van der Waals surface area contributed by atoms with E-state index in [1.165, 1.54) is 14.0 Å². The predicted molar refractivity (Wildman–Crippen MR) is 50.5 cm³/mol. The monoisotopic (exact) mass is 185 g/mol. The molecule has 0 aliphatic rings. The van der Waals surface area contributed by atoms with Crippen LogP contribution in [0.25, 0.3) is 0 Å². The molecule has 0 rings (SSSR count). The van der Waals surface area contributed by atoms with Crippen molar-refractivity contribution in [3.8, 4) is 0 Å². The highest BCUT2D eigenvalue weighted by atomic mass is 16.6. The Hall–Kier alpha value is -1.32. The topological polar surface area (TPSA) is 47.9 Å². The third-order valence-corrected chi connectivity index (χ3v) is 1.48. The van der Waals surface area contributed by atoms with Gasteiger partial charge >= 0.3 is 5.97 Å². The van der Waals surface area contributed by atoms with Crippen LogP contribution in [0.1, 0.15) is 20.8 Å².